The summed E-state index contributed by atoms with van der Waals surface area (Å²) in [6.45, 7) is 5.16. The minimum absolute atomic E-state index is 0.0559. The first kappa shape index (κ1) is 14.5. The molecule has 0 fully saturated rings. The van der Waals surface area contributed by atoms with Gasteiger partial charge in [0.05, 0.1) is 19.3 Å². The summed E-state index contributed by atoms with van der Waals surface area (Å²) in [6.07, 6.45) is 6.54. The Bertz CT molecular complexity index is 565. The summed E-state index contributed by atoms with van der Waals surface area (Å²) >= 11 is 0. The van der Waals surface area contributed by atoms with E-state index in [1.165, 1.54) is 5.56 Å². The van der Waals surface area contributed by atoms with E-state index in [0.29, 0.717) is 0 Å². The van der Waals surface area contributed by atoms with E-state index in [1.807, 2.05) is 24.1 Å². The van der Waals surface area contributed by atoms with E-state index in [9.17, 15) is 0 Å². The van der Waals surface area contributed by atoms with Crippen LogP contribution in [0.1, 0.15) is 36.2 Å². The zero-order valence-corrected chi connectivity index (χ0v) is 12.6. The summed E-state index contributed by atoms with van der Waals surface area (Å²) in [6, 6.07) is 2.11. The molecule has 2 rings (SSSR count). The van der Waals surface area contributed by atoms with Crippen molar-refractivity contribution in [3.8, 4) is 5.75 Å². The minimum atomic E-state index is 0.0559. The molecule has 0 bridgehead atoms. The Morgan fingerprint density at radius 1 is 1.40 bits per heavy atom. The largest absolute Gasteiger partial charge is 0.493 e. The van der Waals surface area contributed by atoms with E-state index >= 15 is 0 Å². The van der Waals surface area contributed by atoms with Crippen LogP contribution in [-0.2, 0) is 7.05 Å². The molecule has 0 spiro atoms. The zero-order chi connectivity index (χ0) is 14.5. The van der Waals surface area contributed by atoms with Gasteiger partial charge in [-0.3, -0.25) is 9.67 Å². The van der Waals surface area contributed by atoms with Crippen molar-refractivity contribution >= 4 is 0 Å². The molecule has 1 unspecified atom stereocenters. The maximum Gasteiger partial charge on any atom is 0.161 e. The topological polar surface area (TPSA) is 52.0 Å². The predicted molar refractivity (Wildman–Crippen MR) is 78.9 cm³/mol. The van der Waals surface area contributed by atoms with Gasteiger partial charge < -0.3 is 10.1 Å². The summed E-state index contributed by atoms with van der Waals surface area (Å²) in [5.41, 5.74) is 3.40. The molecule has 0 aliphatic heterocycles. The van der Waals surface area contributed by atoms with Crippen LogP contribution in [-0.4, -0.2) is 28.4 Å². The van der Waals surface area contributed by atoms with Crippen LogP contribution >= 0.6 is 0 Å². The van der Waals surface area contributed by atoms with Crippen molar-refractivity contribution in [1.82, 2.24) is 20.1 Å². The van der Waals surface area contributed by atoms with Crippen LogP contribution in [0.25, 0.3) is 0 Å². The standard InChI is InChI=1S/C15H22N4O/c1-5-7-17-14(12-6-8-16-9-11(12)2)15-13(20-4)10-18-19(15)3/h6,8-10,14,17H,5,7H2,1-4H3. The third-order valence-electron chi connectivity index (χ3n) is 3.42. The first-order valence-corrected chi connectivity index (χ1v) is 6.88. The second-order valence-corrected chi connectivity index (χ2v) is 4.84. The molecule has 5 nitrogen and oxygen atoms in total. The van der Waals surface area contributed by atoms with Crippen LogP contribution in [0, 0.1) is 6.92 Å². The number of rotatable bonds is 6. The number of nitrogens with one attached hydrogen (secondary N) is 1. The minimum Gasteiger partial charge on any atom is -0.493 e. The highest BCUT2D eigenvalue weighted by atomic mass is 16.5. The molecule has 108 valence electrons. The summed E-state index contributed by atoms with van der Waals surface area (Å²) in [7, 11) is 3.62. The molecule has 0 radical (unpaired) electrons. The molecule has 0 amide bonds. The summed E-state index contributed by atoms with van der Waals surface area (Å²) in [4.78, 5) is 4.17. The highest BCUT2D eigenvalue weighted by Crippen LogP contribution is 2.30. The number of ether oxygens (including phenoxy) is 1. The number of nitrogens with zero attached hydrogens (tertiary/aromatic N) is 3. The van der Waals surface area contributed by atoms with Gasteiger partial charge in [0.25, 0.3) is 0 Å². The molecule has 0 saturated carbocycles. The lowest BCUT2D eigenvalue weighted by Crippen LogP contribution is -2.26. The summed E-state index contributed by atoms with van der Waals surface area (Å²) < 4.78 is 7.32. The third kappa shape index (κ3) is 2.82. The SMILES string of the molecule is CCCNC(c1ccncc1C)c1c(OC)cnn1C. The normalized spacial score (nSPS) is 12.4. The Labute approximate surface area is 120 Å². The van der Waals surface area contributed by atoms with E-state index in [2.05, 4.69) is 35.3 Å². The molecule has 1 atom stereocenters. The van der Waals surface area contributed by atoms with Gasteiger partial charge in [0, 0.05) is 19.4 Å². The van der Waals surface area contributed by atoms with E-state index in [1.54, 1.807) is 13.3 Å². The fourth-order valence-electron chi connectivity index (χ4n) is 2.36. The predicted octanol–water partition coefficient (Wildman–Crippen LogP) is 2.22. The molecule has 2 aromatic heterocycles. The average molecular weight is 274 g/mol. The van der Waals surface area contributed by atoms with Crippen molar-refractivity contribution in [3.05, 3.63) is 41.5 Å². The van der Waals surface area contributed by atoms with Gasteiger partial charge in [0.1, 0.15) is 5.69 Å². The molecular weight excluding hydrogens is 252 g/mol. The monoisotopic (exact) mass is 274 g/mol. The van der Waals surface area contributed by atoms with Crippen LogP contribution in [0.4, 0.5) is 0 Å². The average Bonchev–Trinajstić information content (AvgIpc) is 2.82. The highest BCUT2D eigenvalue weighted by Gasteiger charge is 2.23. The fraction of sp³-hybridized carbons (Fsp3) is 0.467. The lowest BCUT2D eigenvalue weighted by Gasteiger charge is -2.22. The van der Waals surface area contributed by atoms with E-state index < -0.39 is 0 Å². The van der Waals surface area contributed by atoms with E-state index in [-0.39, 0.29) is 6.04 Å². The lowest BCUT2D eigenvalue weighted by atomic mass is 10.00. The molecule has 0 aliphatic rings. The quantitative estimate of drug-likeness (QED) is 0.877. The molecule has 2 heterocycles. The molecule has 20 heavy (non-hydrogen) atoms. The molecule has 0 saturated heterocycles. The highest BCUT2D eigenvalue weighted by molar-refractivity contribution is 5.38. The summed E-state index contributed by atoms with van der Waals surface area (Å²) in [5.74, 6) is 0.803. The number of aromatic nitrogens is 3. The number of methoxy groups -OCH3 is 1. The van der Waals surface area contributed by atoms with Crippen LogP contribution < -0.4 is 10.1 Å². The second-order valence-electron chi connectivity index (χ2n) is 4.84. The number of hydrogen-bond acceptors (Lipinski definition) is 4. The first-order valence-electron chi connectivity index (χ1n) is 6.88. The second kappa shape index (κ2) is 6.52. The van der Waals surface area contributed by atoms with Crippen molar-refractivity contribution in [2.45, 2.75) is 26.3 Å². The maximum atomic E-state index is 5.45. The van der Waals surface area contributed by atoms with Gasteiger partial charge in [-0.2, -0.15) is 5.10 Å². The Morgan fingerprint density at radius 3 is 2.85 bits per heavy atom. The molecular formula is C15H22N4O. The fourth-order valence-corrected chi connectivity index (χ4v) is 2.36. The van der Waals surface area contributed by atoms with E-state index in [0.717, 1.165) is 30.0 Å². The van der Waals surface area contributed by atoms with Gasteiger partial charge in [-0.15, -0.1) is 0 Å². The maximum absolute atomic E-state index is 5.45. The van der Waals surface area contributed by atoms with Crippen LogP contribution in [0.3, 0.4) is 0 Å². The summed E-state index contributed by atoms with van der Waals surface area (Å²) in [5, 5.41) is 7.88. The number of pyridine rings is 1. The van der Waals surface area contributed by atoms with Gasteiger partial charge in [0.15, 0.2) is 5.75 Å². The Balaban J connectivity index is 2.47. The van der Waals surface area contributed by atoms with E-state index in [4.69, 9.17) is 4.74 Å². The van der Waals surface area contributed by atoms with Gasteiger partial charge in [-0.05, 0) is 37.1 Å². The van der Waals surface area contributed by atoms with Crippen LogP contribution in [0.15, 0.2) is 24.7 Å². The van der Waals surface area contributed by atoms with Gasteiger partial charge in [-0.1, -0.05) is 6.92 Å². The van der Waals surface area contributed by atoms with Gasteiger partial charge in [-0.25, -0.2) is 0 Å². The van der Waals surface area contributed by atoms with Crippen LogP contribution in [0.5, 0.6) is 5.75 Å². The van der Waals surface area contributed by atoms with Crippen molar-refractivity contribution in [3.63, 3.8) is 0 Å². The smallest absolute Gasteiger partial charge is 0.161 e. The Kier molecular flexibility index (Phi) is 4.74. The zero-order valence-electron chi connectivity index (χ0n) is 12.6. The third-order valence-corrected chi connectivity index (χ3v) is 3.42. The van der Waals surface area contributed by atoms with Crippen molar-refractivity contribution < 1.29 is 4.74 Å². The first-order chi connectivity index (χ1) is 9.69. The molecule has 1 N–H and O–H groups in total. The van der Waals surface area contributed by atoms with Gasteiger partial charge >= 0.3 is 0 Å². The molecule has 0 aliphatic carbocycles. The molecule has 5 heteroatoms. The van der Waals surface area contributed by atoms with Crippen molar-refractivity contribution in [2.75, 3.05) is 13.7 Å². The molecule has 2 aromatic rings. The number of hydrogen-bond donors (Lipinski definition) is 1. The van der Waals surface area contributed by atoms with Crippen molar-refractivity contribution in [1.29, 1.82) is 0 Å². The Hall–Kier alpha value is -1.88. The number of aryl methyl sites for hydroxylation is 2. The Morgan fingerprint density at radius 2 is 2.20 bits per heavy atom. The van der Waals surface area contributed by atoms with Crippen molar-refractivity contribution in [2.24, 2.45) is 7.05 Å². The molecule has 0 aromatic carbocycles. The van der Waals surface area contributed by atoms with Gasteiger partial charge in [0.2, 0.25) is 0 Å². The van der Waals surface area contributed by atoms with Crippen LogP contribution in [0.2, 0.25) is 0 Å². The lowest BCUT2D eigenvalue weighted by molar-refractivity contribution is 0.400.